The third kappa shape index (κ3) is 6.07. The van der Waals surface area contributed by atoms with E-state index in [1.165, 1.54) is 0 Å². The summed E-state index contributed by atoms with van der Waals surface area (Å²) in [4.78, 5) is 38.7. The van der Waals surface area contributed by atoms with Crippen LogP contribution in [0.5, 0.6) is 5.75 Å². The molecule has 1 aliphatic rings. The molecule has 0 fully saturated rings. The number of nitrogens with zero attached hydrogens (tertiary/aromatic N) is 1. The van der Waals surface area contributed by atoms with E-state index in [1.54, 1.807) is 31.2 Å². The number of rotatable bonds is 10. The molecule has 0 saturated heterocycles. The van der Waals surface area contributed by atoms with Crippen LogP contribution in [-0.4, -0.2) is 36.8 Å². The SMILES string of the molecule is CCOC(=O)[C@@H]1C(=O)NC(SCC(=O)Nc2ccccc2CC)=C(C#N)[C@H]1c1ccccc1OCC. The van der Waals surface area contributed by atoms with Crippen LogP contribution in [0.3, 0.4) is 0 Å². The molecule has 2 aromatic rings. The predicted molar refractivity (Wildman–Crippen MR) is 138 cm³/mol. The normalized spacial score (nSPS) is 17.1. The van der Waals surface area contributed by atoms with Gasteiger partial charge in [-0.2, -0.15) is 5.26 Å². The smallest absolute Gasteiger partial charge is 0.319 e. The van der Waals surface area contributed by atoms with Gasteiger partial charge in [0.2, 0.25) is 11.8 Å². The second kappa shape index (κ2) is 12.8. The number of anilines is 1. The number of para-hydroxylation sites is 2. The molecule has 1 aliphatic heterocycles. The van der Waals surface area contributed by atoms with Crippen LogP contribution in [0.15, 0.2) is 59.1 Å². The Morgan fingerprint density at radius 2 is 1.81 bits per heavy atom. The summed E-state index contributed by atoms with van der Waals surface area (Å²) < 4.78 is 10.9. The number of nitriles is 1. The Balaban J connectivity index is 1.95. The molecule has 3 rings (SSSR count). The molecular formula is C27H29N3O5S. The average Bonchev–Trinajstić information content (AvgIpc) is 2.88. The standard InChI is InChI=1S/C27H29N3O5S/c1-4-17-11-7-9-13-20(17)29-22(31)16-36-26-19(15-28)23(18-12-8-10-14-21(18)34-5-2)24(25(32)30-26)27(33)35-6-3/h7-14,23-24H,4-6,16H2,1-3H3,(H,29,31)(H,30,32)/t23-,24+/m1/s1. The van der Waals surface area contributed by atoms with Crippen LogP contribution in [0.25, 0.3) is 0 Å². The van der Waals surface area contributed by atoms with Gasteiger partial charge in [0, 0.05) is 17.2 Å². The number of carbonyl (C=O) groups is 3. The molecule has 8 nitrogen and oxygen atoms in total. The summed E-state index contributed by atoms with van der Waals surface area (Å²) in [7, 11) is 0. The van der Waals surface area contributed by atoms with Crippen LogP contribution in [0.1, 0.15) is 37.8 Å². The van der Waals surface area contributed by atoms with Gasteiger partial charge in [0.25, 0.3) is 0 Å². The van der Waals surface area contributed by atoms with E-state index in [0.29, 0.717) is 17.9 Å². The molecule has 0 unspecified atom stereocenters. The molecule has 0 radical (unpaired) electrons. The van der Waals surface area contributed by atoms with Gasteiger partial charge in [0.15, 0.2) is 0 Å². The lowest BCUT2D eigenvalue weighted by molar-refractivity contribution is -0.152. The van der Waals surface area contributed by atoms with Gasteiger partial charge < -0.3 is 20.1 Å². The number of aryl methyl sites for hydroxylation is 1. The van der Waals surface area contributed by atoms with Gasteiger partial charge >= 0.3 is 5.97 Å². The maximum absolute atomic E-state index is 13.1. The summed E-state index contributed by atoms with van der Waals surface area (Å²) in [5, 5.41) is 15.9. The Kier molecular flexibility index (Phi) is 9.53. The monoisotopic (exact) mass is 507 g/mol. The van der Waals surface area contributed by atoms with Crippen molar-refractivity contribution in [2.45, 2.75) is 33.1 Å². The van der Waals surface area contributed by atoms with E-state index < -0.39 is 23.7 Å². The molecular weight excluding hydrogens is 478 g/mol. The van der Waals surface area contributed by atoms with Crippen molar-refractivity contribution in [2.75, 3.05) is 24.3 Å². The van der Waals surface area contributed by atoms with Crippen molar-refractivity contribution in [1.82, 2.24) is 5.32 Å². The molecule has 0 spiro atoms. The van der Waals surface area contributed by atoms with E-state index in [9.17, 15) is 19.6 Å². The van der Waals surface area contributed by atoms with Crippen molar-refractivity contribution in [3.63, 3.8) is 0 Å². The number of allylic oxidation sites excluding steroid dienone is 1. The number of hydrogen-bond donors (Lipinski definition) is 2. The number of ether oxygens (including phenoxy) is 2. The number of amides is 2. The van der Waals surface area contributed by atoms with Crippen molar-refractivity contribution in [2.24, 2.45) is 5.92 Å². The summed E-state index contributed by atoms with van der Waals surface area (Å²) in [5.74, 6) is -3.35. The minimum Gasteiger partial charge on any atom is -0.494 e. The van der Waals surface area contributed by atoms with E-state index in [4.69, 9.17) is 9.47 Å². The number of hydrogen-bond acceptors (Lipinski definition) is 7. The third-order valence-electron chi connectivity index (χ3n) is 5.64. The fraction of sp³-hybridized carbons (Fsp3) is 0.333. The number of carbonyl (C=O) groups excluding carboxylic acids is 3. The molecule has 188 valence electrons. The largest absolute Gasteiger partial charge is 0.494 e. The van der Waals surface area contributed by atoms with Gasteiger partial charge in [-0.25, -0.2) is 0 Å². The van der Waals surface area contributed by atoms with E-state index in [1.807, 2.05) is 38.1 Å². The van der Waals surface area contributed by atoms with E-state index in [0.717, 1.165) is 29.4 Å². The van der Waals surface area contributed by atoms with Crippen molar-refractivity contribution >= 4 is 35.2 Å². The predicted octanol–water partition coefficient (Wildman–Crippen LogP) is 4.15. The topological polar surface area (TPSA) is 118 Å². The Morgan fingerprint density at radius 1 is 1.08 bits per heavy atom. The van der Waals surface area contributed by atoms with Crippen molar-refractivity contribution in [1.29, 1.82) is 5.26 Å². The first-order chi connectivity index (χ1) is 17.4. The van der Waals surface area contributed by atoms with Crippen molar-refractivity contribution < 1.29 is 23.9 Å². The highest BCUT2D eigenvalue weighted by atomic mass is 32.2. The summed E-state index contributed by atoms with van der Waals surface area (Å²) in [6.07, 6.45) is 0.763. The van der Waals surface area contributed by atoms with Gasteiger partial charge in [-0.1, -0.05) is 55.1 Å². The number of benzene rings is 2. The first-order valence-corrected chi connectivity index (χ1v) is 12.8. The Bertz CT molecular complexity index is 1200. The van der Waals surface area contributed by atoms with Crippen molar-refractivity contribution in [3.05, 3.63) is 70.3 Å². The molecule has 1 heterocycles. The van der Waals surface area contributed by atoms with E-state index >= 15 is 0 Å². The van der Waals surface area contributed by atoms with Crippen LogP contribution in [0.2, 0.25) is 0 Å². The Labute approximate surface area is 215 Å². The molecule has 0 bridgehead atoms. The van der Waals surface area contributed by atoms with Gasteiger partial charge in [0.05, 0.1) is 35.6 Å². The highest BCUT2D eigenvalue weighted by Crippen LogP contribution is 2.43. The zero-order valence-corrected chi connectivity index (χ0v) is 21.3. The fourth-order valence-electron chi connectivity index (χ4n) is 4.06. The van der Waals surface area contributed by atoms with E-state index in [-0.39, 0.29) is 28.9 Å². The Hall–Kier alpha value is -3.77. The molecule has 2 N–H and O–H groups in total. The van der Waals surface area contributed by atoms with Crippen LogP contribution >= 0.6 is 11.8 Å². The second-order valence-corrected chi connectivity index (χ2v) is 8.86. The highest BCUT2D eigenvalue weighted by Gasteiger charge is 2.45. The molecule has 9 heteroatoms. The molecule has 2 atom stereocenters. The molecule has 2 amide bonds. The van der Waals surface area contributed by atoms with Crippen molar-refractivity contribution in [3.8, 4) is 11.8 Å². The summed E-state index contributed by atoms with van der Waals surface area (Å²) in [6, 6.07) is 16.7. The lowest BCUT2D eigenvalue weighted by Crippen LogP contribution is -2.44. The maximum atomic E-state index is 13.1. The van der Waals surface area contributed by atoms with Crippen LogP contribution in [-0.2, 0) is 25.5 Å². The number of thioether (sulfide) groups is 1. The first kappa shape index (κ1) is 26.8. The number of esters is 1. The zero-order chi connectivity index (χ0) is 26.1. The molecule has 0 aliphatic carbocycles. The van der Waals surface area contributed by atoms with E-state index in [2.05, 4.69) is 16.7 Å². The summed E-state index contributed by atoms with van der Waals surface area (Å²) in [6.45, 7) is 5.94. The van der Waals surface area contributed by atoms with Gasteiger partial charge in [-0.15, -0.1) is 0 Å². The average molecular weight is 508 g/mol. The number of nitrogens with one attached hydrogen (secondary N) is 2. The maximum Gasteiger partial charge on any atom is 0.319 e. The molecule has 2 aromatic carbocycles. The quantitative estimate of drug-likeness (QED) is 0.366. The third-order valence-corrected chi connectivity index (χ3v) is 6.66. The summed E-state index contributed by atoms with van der Waals surface area (Å²) >= 11 is 1.04. The lowest BCUT2D eigenvalue weighted by Gasteiger charge is -2.32. The second-order valence-electron chi connectivity index (χ2n) is 7.87. The summed E-state index contributed by atoms with van der Waals surface area (Å²) in [5.41, 5.74) is 2.43. The molecule has 36 heavy (non-hydrogen) atoms. The fourth-order valence-corrected chi connectivity index (χ4v) is 4.91. The molecule has 0 aromatic heterocycles. The van der Waals surface area contributed by atoms with Crippen LogP contribution in [0, 0.1) is 17.2 Å². The highest BCUT2D eigenvalue weighted by molar-refractivity contribution is 8.03. The van der Waals surface area contributed by atoms with Crippen LogP contribution in [0.4, 0.5) is 5.69 Å². The minimum absolute atomic E-state index is 0.0389. The Morgan fingerprint density at radius 3 is 2.50 bits per heavy atom. The van der Waals surface area contributed by atoms with Crippen LogP contribution < -0.4 is 15.4 Å². The first-order valence-electron chi connectivity index (χ1n) is 11.8. The van der Waals surface area contributed by atoms with Gasteiger partial charge in [-0.05, 0) is 38.0 Å². The lowest BCUT2D eigenvalue weighted by atomic mass is 9.78. The zero-order valence-electron chi connectivity index (χ0n) is 20.5. The minimum atomic E-state index is -1.27. The molecule has 0 saturated carbocycles. The van der Waals surface area contributed by atoms with Gasteiger partial charge in [-0.3, -0.25) is 14.4 Å². The van der Waals surface area contributed by atoms with Gasteiger partial charge in [0.1, 0.15) is 11.7 Å².